The third kappa shape index (κ3) is 4.35. The zero-order valence-corrected chi connectivity index (χ0v) is 15.6. The van der Waals surface area contributed by atoms with E-state index in [0.717, 1.165) is 16.2 Å². The summed E-state index contributed by atoms with van der Waals surface area (Å²) in [7, 11) is 4.02. The smallest absolute Gasteiger partial charge is 0.287 e. The Balaban J connectivity index is 1.67. The molecule has 0 aliphatic carbocycles. The fourth-order valence-corrected chi connectivity index (χ4v) is 2.84. The topological polar surface area (TPSA) is 76.9 Å². The van der Waals surface area contributed by atoms with Crippen LogP contribution >= 0.6 is 0 Å². The molecule has 0 fully saturated rings. The number of amides is 1. The van der Waals surface area contributed by atoms with E-state index in [1.165, 1.54) is 6.92 Å². The number of ketones is 1. The molecule has 27 heavy (non-hydrogen) atoms. The molecule has 1 aromatic carbocycles. The maximum absolute atomic E-state index is 12.4. The summed E-state index contributed by atoms with van der Waals surface area (Å²) in [6, 6.07) is 14.2. The number of furan rings is 2. The molecule has 6 heteroatoms. The van der Waals surface area contributed by atoms with Gasteiger partial charge in [-0.1, -0.05) is 24.3 Å². The fraction of sp³-hybridized carbons (Fsp3) is 0.238. The number of quaternary nitrogens is 1. The van der Waals surface area contributed by atoms with Crippen molar-refractivity contribution in [2.75, 3.05) is 20.6 Å². The molecule has 0 saturated heterocycles. The summed E-state index contributed by atoms with van der Waals surface area (Å²) in [6.07, 6.45) is 1.63. The van der Waals surface area contributed by atoms with Crippen LogP contribution < -0.4 is 10.2 Å². The molecule has 0 aliphatic rings. The number of likely N-dealkylation sites (N-methyl/N-ethyl adjacent to an activating group) is 1. The molecule has 0 aliphatic heterocycles. The molecule has 1 amide bonds. The van der Waals surface area contributed by atoms with Crippen molar-refractivity contribution in [1.29, 1.82) is 0 Å². The van der Waals surface area contributed by atoms with E-state index in [-0.39, 0.29) is 23.5 Å². The van der Waals surface area contributed by atoms with Gasteiger partial charge in [0, 0.05) is 11.1 Å². The summed E-state index contributed by atoms with van der Waals surface area (Å²) in [6.45, 7) is 1.95. The first-order chi connectivity index (χ1) is 13.0. The van der Waals surface area contributed by atoms with Crippen molar-refractivity contribution < 1.29 is 23.3 Å². The van der Waals surface area contributed by atoms with Crippen molar-refractivity contribution in [3.8, 4) is 11.3 Å². The number of hydrogen-bond acceptors (Lipinski definition) is 4. The lowest BCUT2D eigenvalue weighted by molar-refractivity contribution is -0.891. The number of carbonyl (C=O) groups excluding carboxylic acids is 2. The number of Topliss-reactive ketones (excluding diaryl/α,β-unsaturated/α-hetero) is 1. The van der Waals surface area contributed by atoms with E-state index in [0.29, 0.717) is 17.9 Å². The van der Waals surface area contributed by atoms with Gasteiger partial charge in [-0.05, 0) is 31.2 Å². The minimum absolute atomic E-state index is 0.00944. The lowest BCUT2D eigenvalue weighted by Gasteiger charge is -2.19. The van der Waals surface area contributed by atoms with Crippen molar-refractivity contribution in [2.24, 2.45) is 0 Å². The summed E-state index contributed by atoms with van der Waals surface area (Å²) in [5, 5.41) is 2.90. The molecule has 0 spiro atoms. The minimum atomic E-state index is -0.278. The molecule has 0 unspecified atom stereocenters. The maximum atomic E-state index is 12.4. The third-order valence-corrected chi connectivity index (χ3v) is 4.46. The van der Waals surface area contributed by atoms with Crippen LogP contribution in [-0.4, -0.2) is 32.3 Å². The van der Waals surface area contributed by atoms with E-state index in [9.17, 15) is 9.59 Å². The summed E-state index contributed by atoms with van der Waals surface area (Å²) in [4.78, 5) is 25.0. The Morgan fingerprint density at radius 3 is 2.41 bits per heavy atom. The van der Waals surface area contributed by atoms with E-state index in [1.807, 2.05) is 26.2 Å². The predicted octanol–water partition coefficient (Wildman–Crippen LogP) is 2.36. The Hall–Kier alpha value is -3.12. The van der Waals surface area contributed by atoms with Gasteiger partial charge in [-0.15, -0.1) is 0 Å². The quantitative estimate of drug-likeness (QED) is 0.629. The SMILES string of the molecule is CC(=O)c1ccc(-c2ccc(C(=O)NC[C@H](c3ccco3)[NH+](C)C)o2)cc1. The van der Waals surface area contributed by atoms with Crippen LogP contribution in [0.4, 0.5) is 0 Å². The van der Waals surface area contributed by atoms with Crippen molar-refractivity contribution in [3.63, 3.8) is 0 Å². The Labute approximate surface area is 157 Å². The number of nitrogens with one attached hydrogen (secondary N) is 2. The summed E-state index contributed by atoms with van der Waals surface area (Å²) >= 11 is 0. The van der Waals surface area contributed by atoms with Gasteiger partial charge in [-0.25, -0.2) is 0 Å². The van der Waals surface area contributed by atoms with Crippen molar-refractivity contribution in [3.05, 3.63) is 71.9 Å². The second kappa shape index (κ2) is 8.05. The van der Waals surface area contributed by atoms with Crippen molar-refractivity contribution in [2.45, 2.75) is 13.0 Å². The minimum Gasteiger partial charge on any atom is -0.463 e. The van der Waals surface area contributed by atoms with Crippen molar-refractivity contribution in [1.82, 2.24) is 5.32 Å². The molecule has 3 rings (SSSR count). The molecule has 0 saturated carbocycles. The average molecular weight is 367 g/mol. The lowest BCUT2D eigenvalue weighted by atomic mass is 10.1. The van der Waals surface area contributed by atoms with Gasteiger partial charge in [0.2, 0.25) is 0 Å². The molecule has 6 nitrogen and oxygen atoms in total. The summed E-state index contributed by atoms with van der Waals surface area (Å²) in [5.74, 6) is 1.37. The van der Waals surface area contributed by atoms with Crippen LogP contribution in [0.5, 0.6) is 0 Å². The number of carbonyl (C=O) groups is 2. The third-order valence-electron chi connectivity index (χ3n) is 4.46. The van der Waals surface area contributed by atoms with E-state index >= 15 is 0 Å². The van der Waals surface area contributed by atoms with Crippen LogP contribution in [0.1, 0.15) is 39.6 Å². The van der Waals surface area contributed by atoms with Gasteiger partial charge in [-0.3, -0.25) is 9.59 Å². The van der Waals surface area contributed by atoms with Gasteiger partial charge in [0.05, 0.1) is 26.9 Å². The standard InChI is InChI=1S/C21H22N2O4/c1-14(24)15-6-8-16(9-7-15)18-10-11-20(27-18)21(25)22-13-17(23(2)3)19-5-4-12-26-19/h4-12,17H,13H2,1-3H3,(H,22,25)/p+1/t17-/m1/s1. The van der Waals surface area contributed by atoms with Crippen LogP contribution in [0, 0.1) is 0 Å². The Morgan fingerprint density at radius 2 is 1.81 bits per heavy atom. The molecule has 2 aromatic heterocycles. The first kappa shape index (κ1) is 18.7. The van der Waals surface area contributed by atoms with Gasteiger partial charge in [0.1, 0.15) is 5.76 Å². The van der Waals surface area contributed by atoms with Crippen LogP contribution in [0.3, 0.4) is 0 Å². The van der Waals surface area contributed by atoms with E-state index < -0.39 is 0 Å². The molecule has 140 valence electrons. The monoisotopic (exact) mass is 367 g/mol. The first-order valence-electron chi connectivity index (χ1n) is 8.78. The summed E-state index contributed by atoms with van der Waals surface area (Å²) < 4.78 is 11.2. The van der Waals surface area contributed by atoms with Crippen LogP contribution in [0.25, 0.3) is 11.3 Å². The zero-order valence-electron chi connectivity index (χ0n) is 15.6. The highest BCUT2D eigenvalue weighted by Gasteiger charge is 2.22. The first-order valence-corrected chi connectivity index (χ1v) is 8.78. The molecule has 2 N–H and O–H groups in total. The molecular formula is C21H23N2O4+. The van der Waals surface area contributed by atoms with E-state index in [4.69, 9.17) is 8.83 Å². The van der Waals surface area contributed by atoms with E-state index in [2.05, 4.69) is 5.32 Å². The predicted molar refractivity (Wildman–Crippen MR) is 101 cm³/mol. The van der Waals surface area contributed by atoms with Crippen LogP contribution in [0.15, 0.2) is 63.6 Å². The highest BCUT2D eigenvalue weighted by Crippen LogP contribution is 2.23. The molecular weight excluding hydrogens is 344 g/mol. The lowest BCUT2D eigenvalue weighted by Crippen LogP contribution is -3.07. The average Bonchev–Trinajstić information content (AvgIpc) is 3.34. The van der Waals surface area contributed by atoms with Gasteiger partial charge < -0.3 is 19.1 Å². The van der Waals surface area contributed by atoms with Gasteiger partial charge in [-0.2, -0.15) is 0 Å². The Kier molecular flexibility index (Phi) is 5.57. The molecule has 3 aromatic rings. The normalized spacial score (nSPS) is 12.1. The van der Waals surface area contributed by atoms with Crippen LogP contribution in [-0.2, 0) is 0 Å². The Morgan fingerprint density at radius 1 is 1.07 bits per heavy atom. The number of benzene rings is 1. The zero-order chi connectivity index (χ0) is 19.4. The second-order valence-electron chi connectivity index (χ2n) is 6.65. The van der Waals surface area contributed by atoms with Crippen LogP contribution in [0.2, 0.25) is 0 Å². The molecule has 0 radical (unpaired) electrons. The molecule has 1 atom stereocenters. The second-order valence-corrected chi connectivity index (χ2v) is 6.65. The maximum Gasteiger partial charge on any atom is 0.287 e. The molecule has 0 bridgehead atoms. The highest BCUT2D eigenvalue weighted by atomic mass is 16.4. The highest BCUT2D eigenvalue weighted by molar-refractivity contribution is 5.94. The van der Waals surface area contributed by atoms with Gasteiger partial charge >= 0.3 is 0 Å². The van der Waals surface area contributed by atoms with Gasteiger partial charge in [0.25, 0.3) is 5.91 Å². The van der Waals surface area contributed by atoms with Gasteiger partial charge in [0.15, 0.2) is 23.3 Å². The number of rotatable bonds is 7. The largest absolute Gasteiger partial charge is 0.463 e. The Bertz CT molecular complexity index is 908. The summed E-state index contributed by atoms with van der Waals surface area (Å²) in [5.41, 5.74) is 1.45. The molecule has 2 heterocycles. The number of hydrogen-bond donors (Lipinski definition) is 2. The fourth-order valence-electron chi connectivity index (χ4n) is 2.84. The van der Waals surface area contributed by atoms with Crippen molar-refractivity contribution >= 4 is 11.7 Å². The van der Waals surface area contributed by atoms with E-state index in [1.54, 1.807) is 42.7 Å².